The fourth-order valence-corrected chi connectivity index (χ4v) is 8.39. The van der Waals surface area contributed by atoms with Crippen LogP contribution >= 0.6 is 0 Å². The Morgan fingerprint density at radius 1 is 0.636 bits per heavy atom. The van der Waals surface area contributed by atoms with Crippen LogP contribution < -0.4 is 20.1 Å². The van der Waals surface area contributed by atoms with Crippen LogP contribution in [0.15, 0.2) is 97.3 Å². The molecule has 0 radical (unpaired) electrons. The Morgan fingerprint density at radius 2 is 1.03 bits per heavy atom. The van der Waals surface area contributed by atoms with Crippen molar-refractivity contribution < 1.29 is 38.1 Å². The van der Waals surface area contributed by atoms with E-state index in [2.05, 4.69) is 42.7 Å². The highest BCUT2D eigenvalue weighted by molar-refractivity contribution is 5.90. The highest BCUT2D eigenvalue weighted by atomic mass is 16.5. The molecule has 66 heavy (non-hydrogen) atoms. The molecular formula is C50H54N8O8. The van der Waals surface area contributed by atoms with Gasteiger partial charge >= 0.3 is 12.2 Å². The summed E-state index contributed by atoms with van der Waals surface area (Å²) in [4.78, 5) is 72.7. The molecule has 6 aromatic rings. The fourth-order valence-electron chi connectivity index (χ4n) is 8.39. The molecule has 0 spiro atoms. The van der Waals surface area contributed by atoms with E-state index in [0.717, 1.165) is 56.3 Å². The molecule has 2 aliphatic heterocycles. The largest absolute Gasteiger partial charge is 0.488 e. The number of aromatic amines is 2. The number of carbonyl (C=O) groups excluding carboxylic acids is 4. The zero-order valence-corrected chi connectivity index (χ0v) is 37.8. The van der Waals surface area contributed by atoms with Gasteiger partial charge in [-0.2, -0.15) is 0 Å². The molecule has 4 heterocycles. The molecular weight excluding hydrogens is 841 g/mol. The number of ether oxygens (including phenoxy) is 4. The Balaban J connectivity index is 1.01. The van der Waals surface area contributed by atoms with Crippen LogP contribution in [-0.2, 0) is 45.4 Å². The Kier molecular flexibility index (Phi) is 13.4. The molecule has 8 rings (SSSR count). The van der Waals surface area contributed by atoms with Crippen LogP contribution in [0.25, 0.3) is 33.6 Å². The normalized spacial score (nSPS) is 14.0. The predicted octanol–water partition coefficient (Wildman–Crippen LogP) is 8.37. The fraction of sp³-hybridized carbons (Fsp3) is 0.320. The molecule has 0 aliphatic carbocycles. The summed E-state index contributed by atoms with van der Waals surface area (Å²) in [6.07, 6.45) is 3.47. The van der Waals surface area contributed by atoms with Crippen molar-refractivity contribution in [2.24, 2.45) is 0 Å². The number of alkyl carbamates (subject to hydrolysis) is 2. The van der Waals surface area contributed by atoms with Gasteiger partial charge in [0.2, 0.25) is 0 Å². The maximum absolute atomic E-state index is 14.2. The van der Waals surface area contributed by atoms with Gasteiger partial charge in [-0.3, -0.25) is 9.59 Å². The van der Waals surface area contributed by atoms with Crippen LogP contribution in [0, 0.1) is 0 Å². The molecule has 16 heteroatoms. The minimum atomic E-state index is -0.950. The predicted molar refractivity (Wildman–Crippen MR) is 246 cm³/mol. The third kappa shape index (κ3) is 9.30. The second-order valence-electron chi connectivity index (χ2n) is 16.5. The third-order valence-electron chi connectivity index (χ3n) is 12.4. The van der Waals surface area contributed by atoms with Gasteiger partial charge in [-0.15, -0.1) is 0 Å². The number of aromatic nitrogens is 4. The highest BCUT2D eigenvalue weighted by Crippen LogP contribution is 2.50. The number of imidazole rings is 2. The van der Waals surface area contributed by atoms with E-state index >= 15 is 0 Å². The van der Waals surface area contributed by atoms with E-state index in [1.807, 2.05) is 76.2 Å². The summed E-state index contributed by atoms with van der Waals surface area (Å²) >= 11 is 0. The lowest BCUT2D eigenvalue weighted by Gasteiger charge is -2.32. The van der Waals surface area contributed by atoms with E-state index in [-0.39, 0.29) is 37.0 Å². The summed E-state index contributed by atoms with van der Waals surface area (Å²) in [5.41, 5.74) is 8.39. The van der Waals surface area contributed by atoms with Gasteiger partial charge in [0.15, 0.2) is 0 Å². The quantitative estimate of drug-likeness (QED) is 0.0734. The first kappa shape index (κ1) is 45.0. The molecule has 4 aromatic carbocycles. The first-order chi connectivity index (χ1) is 32.0. The van der Waals surface area contributed by atoms with E-state index in [4.69, 9.17) is 18.9 Å². The molecule has 0 fully saturated rings. The van der Waals surface area contributed by atoms with Crippen LogP contribution in [0.4, 0.5) is 9.59 Å². The van der Waals surface area contributed by atoms with E-state index in [1.165, 1.54) is 14.2 Å². The molecule has 4 amide bonds. The van der Waals surface area contributed by atoms with E-state index in [9.17, 15) is 19.2 Å². The zero-order chi connectivity index (χ0) is 46.5. The summed E-state index contributed by atoms with van der Waals surface area (Å²) < 4.78 is 22.6. The van der Waals surface area contributed by atoms with Crippen molar-refractivity contribution in [1.82, 2.24) is 40.4 Å². The van der Waals surface area contributed by atoms with Gasteiger partial charge < -0.3 is 49.3 Å². The maximum atomic E-state index is 14.2. The third-order valence-corrected chi connectivity index (χ3v) is 12.4. The smallest absolute Gasteiger partial charge is 0.407 e. The summed E-state index contributed by atoms with van der Waals surface area (Å²) in [6.45, 7) is 8.95. The van der Waals surface area contributed by atoms with E-state index in [1.54, 1.807) is 46.5 Å². The number of nitrogens with zero attached hydrogens (tertiary/aromatic N) is 4. The molecule has 0 saturated carbocycles. The van der Waals surface area contributed by atoms with Crippen molar-refractivity contribution in [3.8, 4) is 45.1 Å². The first-order valence-corrected chi connectivity index (χ1v) is 22.1. The average molecular weight is 895 g/mol. The van der Waals surface area contributed by atoms with Gasteiger partial charge in [-0.25, -0.2) is 19.6 Å². The number of H-pyrrole nitrogens is 2. The SMILES string of the molecule is CC[C@H](C)N(Cc1ncc(-c2cc3c4c(c2)OCc2cc(-c5cnc(CN(C(=O)[C@H](NC(=O)OC)c6ccccc6)[C@@H](C)CC)[nH]5)cc(c2-4)OC3)[nH]1)C(=O)[C@H](NC(=O)OC)c1ccccc1. The molecule has 0 saturated heterocycles. The van der Waals surface area contributed by atoms with Crippen LogP contribution in [0.1, 0.15) is 86.5 Å². The van der Waals surface area contributed by atoms with Crippen LogP contribution in [0.2, 0.25) is 0 Å². The Bertz CT molecular complexity index is 2480. The van der Waals surface area contributed by atoms with Crippen LogP contribution in [-0.4, -0.2) is 80.0 Å². The summed E-state index contributed by atoms with van der Waals surface area (Å²) in [7, 11) is 2.54. The second-order valence-corrected chi connectivity index (χ2v) is 16.5. The van der Waals surface area contributed by atoms with Crippen molar-refractivity contribution in [3.63, 3.8) is 0 Å². The van der Waals surface area contributed by atoms with Gasteiger partial charge in [0.1, 0.15) is 48.4 Å². The number of carbonyl (C=O) groups is 4. The molecule has 2 aliphatic rings. The van der Waals surface area contributed by atoms with Crippen molar-refractivity contribution >= 4 is 24.0 Å². The minimum Gasteiger partial charge on any atom is -0.488 e. The van der Waals surface area contributed by atoms with Crippen molar-refractivity contribution in [2.75, 3.05) is 14.2 Å². The van der Waals surface area contributed by atoms with Gasteiger partial charge in [0.05, 0.1) is 51.1 Å². The molecule has 0 bridgehead atoms. The molecule has 4 N–H and O–H groups in total. The van der Waals surface area contributed by atoms with Gasteiger partial charge in [-0.05, 0) is 62.1 Å². The minimum absolute atomic E-state index is 0.160. The van der Waals surface area contributed by atoms with Crippen LogP contribution in [0.5, 0.6) is 11.5 Å². The van der Waals surface area contributed by atoms with E-state index < -0.39 is 24.3 Å². The summed E-state index contributed by atoms with van der Waals surface area (Å²) in [5.74, 6) is 2.07. The number of hydrogen-bond acceptors (Lipinski definition) is 10. The number of benzene rings is 4. The van der Waals surface area contributed by atoms with Crippen molar-refractivity contribution in [3.05, 3.63) is 131 Å². The van der Waals surface area contributed by atoms with Gasteiger partial charge in [0.25, 0.3) is 11.8 Å². The summed E-state index contributed by atoms with van der Waals surface area (Å²) in [5, 5.41) is 5.43. The lowest BCUT2D eigenvalue weighted by atomic mass is 9.87. The first-order valence-electron chi connectivity index (χ1n) is 22.1. The van der Waals surface area contributed by atoms with E-state index in [0.29, 0.717) is 48.8 Å². The average Bonchev–Trinajstić information content (AvgIpc) is 4.04. The van der Waals surface area contributed by atoms with Crippen molar-refractivity contribution in [1.29, 1.82) is 0 Å². The molecule has 2 aromatic heterocycles. The lowest BCUT2D eigenvalue weighted by Crippen LogP contribution is -2.46. The Labute approximate surface area is 383 Å². The summed E-state index contributed by atoms with van der Waals surface area (Å²) in [6, 6.07) is 24.1. The number of hydrogen-bond donors (Lipinski definition) is 4. The Morgan fingerprint density at radius 3 is 1.39 bits per heavy atom. The number of rotatable bonds is 16. The van der Waals surface area contributed by atoms with Gasteiger partial charge in [0, 0.05) is 45.5 Å². The standard InChI is InChI=1S/C50H54N8O8/c1-7-29(3)57(47(59)45(55-49(61)63-5)31-15-11-9-12-16-31)25-41-51-23-37(53-41)33-19-35-27-66-40-22-34(20-36-28-65-39(21-33)43(35)44(36)40)38-24-52-42(54-38)26-58(30(4)8-2)48(60)46(56-50(62)64-6)32-17-13-10-14-18-32/h9-24,29-30,45-46H,7-8,25-28H2,1-6H3,(H,51,53)(H,52,54)(H,55,61)(H,56,62)/t29-,30-,45+,46+/m0/s1. The number of amides is 4. The van der Waals surface area contributed by atoms with Gasteiger partial charge in [-0.1, -0.05) is 74.5 Å². The molecule has 342 valence electrons. The topological polar surface area (TPSA) is 193 Å². The highest BCUT2D eigenvalue weighted by Gasteiger charge is 2.34. The van der Waals surface area contributed by atoms with Crippen molar-refractivity contribution in [2.45, 2.75) is 91.0 Å². The molecule has 16 nitrogen and oxygen atoms in total. The monoisotopic (exact) mass is 894 g/mol. The second kappa shape index (κ2) is 19.6. The van der Waals surface area contributed by atoms with Crippen LogP contribution in [0.3, 0.4) is 0 Å². The Hall–Kier alpha value is -7.62. The molecule has 4 atom stereocenters. The zero-order valence-electron chi connectivity index (χ0n) is 37.8. The molecule has 0 unspecified atom stereocenters. The number of nitrogens with one attached hydrogen (secondary N) is 4. The number of methoxy groups -OCH3 is 2. The lowest BCUT2D eigenvalue weighted by molar-refractivity contribution is -0.137. The maximum Gasteiger partial charge on any atom is 0.407 e.